The summed E-state index contributed by atoms with van der Waals surface area (Å²) in [4.78, 5) is 0. The van der Waals surface area contributed by atoms with E-state index < -0.39 is 9.84 Å². The molecule has 15 heavy (non-hydrogen) atoms. The average molecular weight is 235 g/mol. The van der Waals surface area contributed by atoms with E-state index in [-0.39, 0.29) is 5.75 Å². The molecule has 0 rings (SSSR count). The molecule has 92 valence electrons. The van der Waals surface area contributed by atoms with Crippen LogP contribution in [-0.4, -0.2) is 33.0 Å². The molecule has 0 bridgehead atoms. The Balaban J connectivity index is 3.63. The summed E-state index contributed by atoms with van der Waals surface area (Å²) >= 11 is 0. The third-order valence-corrected chi connectivity index (χ3v) is 4.57. The average Bonchev–Trinajstić information content (AvgIpc) is 2.11. The molecular weight excluding hydrogens is 210 g/mol. The number of sulfone groups is 1. The maximum atomic E-state index is 11.4. The molecule has 1 atom stereocenters. The second-order valence-corrected chi connectivity index (χ2v) is 6.88. The predicted molar refractivity (Wildman–Crippen MR) is 65.8 cm³/mol. The second-order valence-electron chi connectivity index (χ2n) is 4.58. The van der Waals surface area contributed by atoms with Gasteiger partial charge in [0.1, 0.15) is 0 Å². The number of rotatable bonds is 8. The quantitative estimate of drug-likeness (QED) is 0.651. The van der Waals surface area contributed by atoms with Crippen molar-refractivity contribution in [1.29, 1.82) is 0 Å². The molecule has 0 spiro atoms. The standard InChI is InChI=1S/C11H25NO2S/c1-5-7-15(13,14)8-6-12-9-11(4)10(2)3/h10-12H,5-9H2,1-4H3. The molecule has 3 nitrogen and oxygen atoms in total. The fraction of sp³-hybridized carbons (Fsp3) is 1.00. The Hall–Kier alpha value is -0.0900. The van der Waals surface area contributed by atoms with Crippen molar-refractivity contribution in [1.82, 2.24) is 5.32 Å². The molecule has 0 saturated heterocycles. The molecule has 0 aromatic carbocycles. The second kappa shape index (κ2) is 7.23. The number of hydrogen-bond acceptors (Lipinski definition) is 3. The van der Waals surface area contributed by atoms with Crippen LogP contribution in [-0.2, 0) is 9.84 Å². The smallest absolute Gasteiger partial charge is 0.151 e. The molecule has 0 amide bonds. The Bertz CT molecular complexity index is 247. The lowest BCUT2D eigenvalue weighted by molar-refractivity contribution is 0.397. The molecule has 1 unspecified atom stereocenters. The zero-order valence-electron chi connectivity index (χ0n) is 10.4. The largest absolute Gasteiger partial charge is 0.315 e. The molecule has 1 N–H and O–H groups in total. The Labute approximate surface area is 94.6 Å². The molecule has 0 radical (unpaired) electrons. The van der Waals surface area contributed by atoms with E-state index >= 15 is 0 Å². The fourth-order valence-electron chi connectivity index (χ4n) is 1.21. The van der Waals surface area contributed by atoms with Crippen LogP contribution in [0.25, 0.3) is 0 Å². The molecule has 0 aromatic rings. The summed E-state index contributed by atoms with van der Waals surface area (Å²) in [5.41, 5.74) is 0. The lowest BCUT2D eigenvalue weighted by Crippen LogP contribution is -2.29. The van der Waals surface area contributed by atoms with Crippen LogP contribution in [0, 0.1) is 11.8 Å². The van der Waals surface area contributed by atoms with Gasteiger partial charge in [0, 0.05) is 12.3 Å². The minimum absolute atomic E-state index is 0.269. The van der Waals surface area contributed by atoms with Crippen LogP contribution in [0.5, 0.6) is 0 Å². The first-order valence-electron chi connectivity index (χ1n) is 5.80. The van der Waals surface area contributed by atoms with Gasteiger partial charge in [-0.15, -0.1) is 0 Å². The lowest BCUT2D eigenvalue weighted by Gasteiger charge is -2.15. The highest BCUT2D eigenvalue weighted by Gasteiger charge is 2.10. The highest BCUT2D eigenvalue weighted by molar-refractivity contribution is 7.91. The van der Waals surface area contributed by atoms with Gasteiger partial charge in [-0.25, -0.2) is 8.42 Å². The van der Waals surface area contributed by atoms with E-state index in [1.54, 1.807) is 0 Å². The monoisotopic (exact) mass is 235 g/mol. The first kappa shape index (κ1) is 14.9. The van der Waals surface area contributed by atoms with Gasteiger partial charge in [0.2, 0.25) is 0 Å². The Morgan fingerprint density at radius 3 is 2.20 bits per heavy atom. The van der Waals surface area contributed by atoms with Crippen molar-refractivity contribution in [2.24, 2.45) is 11.8 Å². The van der Waals surface area contributed by atoms with Crippen LogP contribution in [0.15, 0.2) is 0 Å². The summed E-state index contributed by atoms with van der Waals surface area (Å²) in [5.74, 6) is 1.82. The summed E-state index contributed by atoms with van der Waals surface area (Å²) < 4.78 is 22.7. The minimum atomic E-state index is -2.81. The first-order chi connectivity index (χ1) is 6.89. The zero-order chi connectivity index (χ0) is 11.9. The predicted octanol–water partition coefficient (Wildman–Crippen LogP) is 1.69. The van der Waals surface area contributed by atoms with Crippen LogP contribution in [0.1, 0.15) is 34.1 Å². The minimum Gasteiger partial charge on any atom is -0.315 e. The summed E-state index contributed by atoms with van der Waals surface area (Å²) in [6.45, 7) is 9.92. The summed E-state index contributed by atoms with van der Waals surface area (Å²) in [7, 11) is -2.81. The highest BCUT2D eigenvalue weighted by Crippen LogP contribution is 2.07. The van der Waals surface area contributed by atoms with Crippen molar-refractivity contribution in [2.75, 3.05) is 24.6 Å². The molecular formula is C11H25NO2S. The summed E-state index contributed by atoms with van der Waals surface area (Å²) in [6.07, 6.45) is 0.713. The van der Waals surface area contributed by atoms with E-state index in [4.69, 9.17) is 0 Å². The Morgan fingerprint density at radius 2 is 1.73 bits per heavy atom. The van der Waals surface area contributed by atoms with Crippen LogP contribution < -0.4 is 5.32 Å². The molecule has 0 aliphatic heterocycles. The van der Waals surface area contributed by atoms with Crippen molar-refractivity contribution in [2.45, 2.75) is 34.1 Å². The maximum Gasteiger partial charge on any atom is 0.151 e. The van der Waals surface area contributed by atoms with Gasteiger partial charge < -0.3 is 5.32 Å². The SMILES string of the molecule is CCCS(=O)(=O)CCNCC(C)C(C)C. The van der Waals surface area contributed by atoms with Crippen molar-refractivity contribution >= 4 is 9.84 Å². The lowest BCUT2D eigenvalue weighted by atomic mass is 9.98. The van der Waals surface area contributed by atoms with E-state index in [2.05, 4.69) is 26.1 Å². The zero-order valence-corrected chi connectivity index (χ0v) is 11.2. The van der Waals surface area contributed by atoms with Crippen LogP contribution in [0.2, 0.25) is 0 Å². The maximum absolute atomic E-state index is 11.4. The van der Waals surface area contributed by atoms with E-state index in [1.807, 2.05) is 6.92 Å². The van der Waals surface area contributed by atoms with Gasteiger partial charge in [-0.1, -0.05) is 27.7 Å². The fourth-order valence-corrected chi connectivity index (χ4v) is 2.49. The highest BCUT2D eigenvalue weighted by atomic mass is 32.2. The van der Waals surface area contributed by atoms with Crippen molar-refractivity contribution in [3.63, 3.8) is 0 Å². The van der Waals surface area contributed by atoms with Crippen LogP contribution in [0.4, 0.5) is 0 Å². The molecule has 0 saturated carbocycles. The molecule has 0 aliphatic rings. The molecule has 0 heterocycles. The van der Waals surface area contributed by atoms with Crippen molar-refractivity contribution in [3.05, 3.63) is 0 Å². The van der Waals surface area contributed by atoms with Gasteiger partial charge in [-0.3, -0.25) is 0 Å². The van der Waals surface area contributed by atoms with Crippen molar-refractivity contribution in [3.8, 4) is 0 Å². The first-order valence-corrected chi connectivity index (χ1v) is 7.62. The van der Waals surface area contributed by atoms with Gasteiger partial charge in [0.25, 0.3) is 0 Å². The Morgan fingerprint density at radius 1 is 1.13 bits per heavy atom. The van der Waals surface area contributed by atoms with Crippen molar-refractivity contribution < 1.29 is 8.42 Å². The van der Waals surface area contributed by atoms with Gasteiger partial charge in [0.05, 0.1) is 5.75 Å². The number of hydrogen-bond donors (Lipinski definition) is 1. The van der Waals surface area contributed by atoms with Gasteiger partial charge in [0.15, 0.2) is 9.84 Å². The third-order valence-electron chi connectivity index (χ3n) is 2.71. The molecule has 4 heteroatoms. The molecule has 0 fully saturated rings. The molecule has 0 aromatic heterocycles. The van der Waals surface area contributed by atoms with E-state index in [1.165, 1.54) is 0 Å². The normalized spacial score (nSPS) is 14.5. The Kier molecular flexibility index (Phi) is 7.18. The summed E-state index contributed by atoms with van der Waals surface area (Å²) in [6, 6.07) is 0. The third kappa shape index (κ3) is 7.79. The van der Waals surface area contributed by atoms with Gasteiger partial charge in [-0.05, 0) is 24.8 Å². The van der Waals surface area contributed by atoms with Crippen LogP contribution in [0.3, 0.4) is 0 Å². The van der Waals surface area contributed by atoms with E-state index in [0.717, 1.165) is 6.54 Å². The molecule has 0 aliphatic carbocycles. The van der Waals surface area contributed by atoms with Crippen LogP contribution >= 0.6 is 0 Å². The van der Waals surface area contributed by atoms with Gasteiger partial charge >= 0.3 is 0 Å². The van der Waals surface area contributed by atoms with E-state index in [0.29, 0.717) is 30.6 Å². The van der Waals surface area contributed by atoms with E-state index in [9.17, 15) is 8.42 Å². The van der Waals surface area contributed by atoms with Gasteiger partial charge in [-0.2, -0.15) is 0 Å². The summed E-state index contributed by atoms with van der Waals surface area (Å²) in [5, 5.41) is 3.20. The topological polar surface area (TPSA) is 46.2 Å². The number of nitrogens with one attached hydrogen (secondary N) is 1.